The van der Waals surface area contributed by atoms with Gasteiger partial charge in [0.05, 0.1) is 0 Å². The molecule has 0 bridgehead atoms. The number of rotatable bonds is 9. The molecule has 2 aromatic carbocycles. The molecule has 2 aromatic rings. The van der Waals surface area contributed by atoms with E-state index in [2.05, 4.69) is 60.9 Å². The van der Waals surface area contributed by atoms with Crippen molar-refractivity contribution in [2.45, 2.75) is 40.0 Å². The third kappa shape index (κ3) is 7.65. The van der Waals surface area contributed by atoms with Crippen molar-refractivity contribution in [1.82, 2.24) is 10.6 Å². The normalized spacial score (nSPS) is 10.7. The Labute approximate surface area is 162 Å². The Morgan fingerprint density at radius 2 is 1.37 bits per heavy atom. The zero-order valence-corrected chi connectivity index (χ0v) is 16.5. The topological polar surface area (TPSA) is 58.2 Å². The summed E-state index contributed by atoms with van der Waals surface area (Å²) in [4.78, 5) is 23.7. The van der Waals surface area contributed by atoms with Crippen LogP contribution in [0.5, 0.6) is 0 Å². The molecule has 0 spiro atoms. The van der Waals surface area contributed by atoms with Gasteiger partial charge in [0.15, 0.2) is 0 Å². The van der Waals surface area contributed by atoms with E-state index in [4.69, 9.17) is 0 Å². The van der Waals surface area contributed by atoms with Gasteiger partial charge in [-0.3, -0.25) is 9.59 Å². The summed E-state index contributed by atoms with van der Waals surface area (Å²) in [6, 6.07) is 16.7. The molecule has 2 rings (SSSR count). The van der Waals surface area contributed by atoms with Crippen molar-refractivity contribution in [2.75, 3.05) is 13.1 Å². The van der Waals surface area contributed by atoms with Gasteiger partial charge in [-0.1, -0.05) is 59.7 Å². The van der Waals surface area contributed by atoms with Gasteiger partial charge in [0.1, 0.15) is 0 Å². The van der Waals surface area contributed by atoms with Crippen LogP contribution in [0.1, 0.15) is 35.6 Å². The van der Waals surface area contributed by atoms with Crippen molar-refractivity contribution in [1.29, 1.82) is 0 Å². The lowest BCUT2D eigenvalue weighted by molar-refractivity contribution is -0.125. The highest BCUT2D eigenvalue weighted by Gasteiger charge is 2.19. The molecule has 0 saturated carbocycles. The third-order valence-corrected chi connectivity index (χ3v) is 4.53. The summed E-state index contributed by atoms with van der Waals surface area (Å²) in [5.41, 5.74) is 4.78. The van der Waals surface area contributed by atoms with E-state index < -0.39 is 0 Å². The predicted octanol–water partition coefficient (Wildman–Crippen LogP) is 3.35. The van der Waals surface area contributed by atoms with Gasteiger partial charge in [0, 0.05) is 25.9 Å². The molecule has 4 nitrogen and oxygen atoms in total. The number of nitrogens with one attached hydrogen (secondary N) is 2. The standard InChI is InChI=1S/C23H30N2O2/c1-17-7-4-9-20(13-17)15-22(16-21-10-5-8-18(2)14-21)23(27)25-12-6-11-24-19(3)26/h4-5,7-10,13-14,22H,6,11-12,15-16H2,1-3H3,(H,24,26)(H,25,27). The van der Waals surface area contributed by atoms with Crippen LogP contribution in [0, 0.1) is 19.8 Å². The molecule has 2 amide bonds. The van der Waals surface area contributed by atoms with E-state index in [0.29, 0.717) is 25.9 Å². The predicted molar refractivity (Wildman–Crippen MR) is 110 cm³/mol. The summed E-state index contributed by atoms with van der Waals surface area (Å²) >= 11 is 0. The van der Waals surface area contributed by atoms with Gasteiger partial charge in [-0.15, -0.1) is 0 Å². The van der Waals surface area contributed by atoms with E-state index >= 15 is 0 Å². The lowest BCUT2D eigenvalue weighted by Gasteiger charge is -2.18. The number of carbonyl (C=O) groups excluding carboxylic acids is 2. The molecular formula is C23H30N2O2. The van der Waals surface area contributed by atoms with Gasteiger partial charge in [-0.05, 0) is 44.2 Å². The lowest BCUT2D eigenvalue weighted by atomic mass is 9.90. The summed E-state index contributed by atoms with van der Waals surface area (Å²) in [6.45, 7) is 6.79. The van der Waals surface area contributed by atoms with Crippen LogP contribution in [-0.2, 0) is 22.4 Å². The Kier molecular flexibility index (Phi) is 8.05. The quantitative estimate of drug-likeness (QED) is 0.669. The van der Waals surface area contributed by atoms with E-state index in [-0.39, 0.29) is 17.7 Å². The highest BCUT2D eigenvalue weighted by atomic mass is 16.2. The molecule has 2 N–H and O–H groups in total. The number of aryl methyl sites for hydroxylation is 2. The van der Waals surface area contributed by atoms with Gasteiger partial charge in [0.2, 0.25) is 11.8 Å². The zero-order valence-electron chi connectivity index (χ0n) is 16.5. The number of hydrogen-bond acceptors (Lipinski definition) is 2. The average molecular weight is 367 g/mol. The monoisotopic (exact) mass is 366 g/mol. The lowest BCUT2D eigenvalue weighted by Crippen LogP contribution is -2.35. The number of hydrogen-bond donors (Lipinski definition) is 2. The molecule has 0 radical (unpaired) electrons. The molecule has 0 unspecified atom stereocenters. The van der Waals surface area contributed by atoms with E-state index in [1.54, 1.807) is 0 Å². The Balaban J connectivity index is 2.01. The first-order valence-electron chi connectivity index (χ1n) is 9.57. The Morgan fingerprint density at radius 1 is 0.852 bits per heavy atom. The largest absolute Gasteiger partial charge is 0.356 e. The molecule has 0 aliphatic carbocycles. The fourth-order valence-electron chi connectivity index (χ4n) is 3.21. The molecule has 4 heteroatoms. The second kappa shape index (κ2) is 10.5. The third-order valence-electron chi connectivity index (χ3n) is 4.53. The molecule has 0 aliphatic heterocycles. The van der Waals surface area contributed by atoms with E-state index in [0.717, 1.165) is 6.42 Å². The summed E-state index contributed by atoms with van der Waals surface area (Å²) in [5, 5.41) is 5.79. The SMILES string of the molecule is CC(=O)NCCCNC(=O)C(Cc1cccc(C)c1)Cc1cccc(C)c1. The van der Waals surface area contributed by atoms with E-state index in [1.165, 1.54) is 29.2 Å². The van der Waals surface area contributed by atoms with Crippen LogP contribution in [0.25, 0.3) is 0 Å². The van der Waals surface area contributed by atoms with Crippen molar-refractivity contribution in [3.63, 3.8) is 0 Å². The van der Waals surface area contributed by atoms with Crippen molar-refractivity contribution in [3.05, 3.63) is 70.8 Å². The van der Waals surface area contributed by atoms with Crippen LogP contribution in [0.15, 0.2) is 48.5 Å². The van der Waals surface area contributed by atoms with Crippen LogP contribution in [-0.4, -0.2) is 24.9 Å². The molecular weight excluding hydrogens is 336 g/mol. The Bertz CT molecular complexity index is 723. The molecule has 144 valence electrons. The maximum absolute atomic E-state index is 12.8. The molecule has 0 saturated heterocycles. The second-order valence-corrected chi connectivity index (χ2v) is 7.21. The Morgan fingerprint density at radius 3 is 1.85 bits per heavy atom. The molecule has 0 heterocycles. The molecule has 0 aromatic heterocycles. The minimum atomic E-state index is -0.116. The average Bonchev–Trinajstić information content (AvgIpc) is 2.60. The fraction of sp³-hybridized carbons (Fsp3) is 0.391. The maximum atomic E-state index is 12.8. The Hall–Kier alpha value is -2.62. The van der Waals surface area contributed by atoms with Gasteiger partial charge in [-0.25, -0.2) is 0 Å². The van der Waals surface area contributed by atoms with Crippen LogP contribution >= 0.6 is 0 Å². The van der Waals surface area contributed by atoms with Crippen LogP contribution in [0.4, 0.5) is 0 Å². The minimum Gasteiger partial charge on any atom is -0.356 e. The van der Waals surface area contributed by atoms with Crippen molar-refractivity contribution in [2.24, 2.45) is 5.92 Å². The number of amides is 2. The first-order chi connectivity index (χ1) is 12.9. The van der Waals surface area contributed by atoms with Crippen LogP contribution in [0.2, 0.25) is 0 Å². The first-order valence-corrected chi connectivity index (χ1v) is 9.57. The van der Waals surface area contributed by atoms with Gasteiger partial charge in [-0.2, -0.15) is 0 Å². The smallest absolute Gasteiger partial charge is 0.223 e. The second-order valence-electron chi connectivity index (χ2n) is 7.21. The first kappa shape index (κ1) is 20.7. The molecule has 27 heavy (non-hydrogen) atoms. The van der Waals surface area contributed by atoms with Gasteiger partial charge in [0.25, 0.3) is 0 Å². The fourth-order valence-corrected chi connectivity index (χ4v) is 3.21. The van der Waals surface area contributed by atoms with Crippen LogP contribution < -0.4 is 10.6 Å². The van der Waals surface area contributed by atoms with E-state index in [9.17, 15) is 9.59 Å². The molecule has 0 fully saturated rings. The summed E-state index contributed by atoms with van der Waals surface area (Å²) in [7, 11) is 0. The zero-order chi connectivity index (χ0) is 19.6. The molecule has 0 atom stereocenters. The summed E-state index contributed by atoms with van der Waals surface area (Å²) in [5.74, 6) is -0.0895. The van der Waals surface area contributed by atoms with Gasteiger partial charge >= 0.3 is 0 Å². The highest BCUT2D eigenvalue weighted by Crippen LogP contribution is 2.17. The van der Waals surface area contributed by atoms with Crippen molar-refractivity contribution >= 4 is 11.8 Å². The summed E-state index contributed by atoms with van der Waals surface area (Å²) < 4.78 is 0. The van der Waals surface area contributed by atoms with Crippen LogP contribution in [0.3, 0.4) is 0 Å². The van der Waals surface area contributed by atoms with Crippen molar-refractivity contribution < 1.29 is 9.59 Å². The minimum absolute atomic E-state index is 0.0434. The maximum Gasteiger partial charge on any atom is 0.223 e. The van der Waals surface area contributed by atoms with Crippen molar-refractivity contribution in [3.8, 4) is 0 Å². The van der Waals surface area contributed by atoms with E-state index in [1.807, 2.05) is 12.1 Å². The number of benzene rings is 2. The summed E-state index contributed by atoms with van der Waals surface area (Å²) in [6.07, 6.45) is 2.16. The van der Waals surface area contributed by atoms with Gasteiger partial charge < -0.3 is 10.6 Å². The molecule has 0 aliphatic rings. The number of carbonyl (C=O) groups is 2. The highest BCUT2D eigenvalue weighted by molar-refractivity contribution is 5.79.